The first-order chi connectivity index (χ1) is 9.02. The van der Waals surface area contributed by atoms with Crippen LogP contribution in [0.4, 0.5) is 0 Å². The Balaban J connectivity index is 1.93. The number of hydrogen-bond acceptors (Lipinski definition) is 4. The molecule has 112 valence electrons. The number of aliphatic hydroxyl groups excluding tert-OH is 2. The highest BCUT2D eigenvalue weighted by Gasteiger charge is 2.42. The van der Waals surface area contributed by atoms with Crippen molar-refractivity contribution in [3.05, 3.63) is 0 Å². The summed E-state index contributed by atoms with van der Waals surface area (Å²) < 4.78 is 11.9. The highest BCUT2D eigenvalue weighted by molar-refractivity contribution is 4.90. The van der Waals surface area contributed by atoms with E-state index in [-0.39, 0.29) is 30.3 Å². The molecule has 4 heteroatoms. The summed E-state index contributed by atoms with van der Waals surface area (Å²) >= 11 is 0. The van der Waals surface area contributed by atoms with Crippen molar-refractivity contribution in [1.82, 2.24) is 0 Å². The van der Waals surface area contributed by atoms with E-state index in [1.54, 1.807) is 0 Å². The molecule has 7 atom stereocenters. The average molecular weight is 272 g/mol. The number of rotatable bonds is 3. The van der Waals surface area contributed by atoms with Gasteiger partial charge in [0.05, 0.1) is 18.3 Å². The lowest BCUT2D eigenvalue weighted by Crippen LogP contribution is -2.52. The van der Waals surface area contributed by atoms with Crippen molar-refractivity contribution in [2.75, 3.05) is 0 Å². The zero-order chi connectivity index (χ0) is 14.0. The SMILES string of the molecule is CCC1CCCC(OC2C(C)CC(C)C(O)C2O)O1. The zero-order valence-electron chi connectivity index (χ0n) is 12.3. The fraction of sp³-hybridized carbons (Fsp3) is 1.00. The van der Waals surface area contributed by atoms with E-state index in [4.69, 9.17) is 9.47 Å². The molecule has 7 unspecified atom stereocenters. The predicted octanol–water partition coefficient (Wildman–Crippen LogP) is 2.07. The third-order valence-electron chi connectivity index (χ3n) is 4.65. The molecule has 1 heterocycles. The van der Waals surface area contributed by atoms with Gasteiger partial charge in [0.25, 0.3) is 0 Å². The second kappa shape index (κ2) is 6.53. The quantitative estimate of drug-likeness (QED) is 0.826. The molecule has 0 aromatic rings. The lowest BCUT2D eigenvalue weighted by Gasteiger charge is -2.42. The van der Waals surface area contributed by atoms with Gasteiger partial charge in [0.15, 0.2) is 6.29 Å². The molecule has 1 aliphatic heterocycles. The topological polar surface area (TPSA) is 58.9 Å². The van der Waals surface area contributed by atoms with E-state index in [0.717, 1.165) is 32.1 Å². The highest BCUT2D eigenvalue weighted by atomic mass is 16.7. The number of aliphatic hydroxyl groups is 2. The summed E-state index contributed by atoms with van der Waals surface area (Å²) in [5, 5.41) is 20.2. The molecule has 4 nitrogen and oxygen atoms in total. The molecule has 0 spiro atoms. The molecule has 1 saturated heterocycles. The maximum atomic E-state index is 10.2. The summed E-state index contributed by atoms with van der Waals surface area (Å²) in [5.41, 5.74) is 0. The molecule has 1 saturated carbocycles. The molecular formula is C15H28O4. The molecule has 2 aliphatic rings. The summed E-state index contributed by atoms with van der Waals surface area (Å²) in [5.74, 6) is 0.375. The Kier molecular flexibility index (Phi) is 5.23. The molecule has 0 bridgehead atoms. The Morgan fingerprint density at radius 2 is 1.84 bits per heavy atom. The highest BCUT2D eigenvalue weighted by Crippen LogP contribution is 2.34. The van der Waals surface area contributed by atoms with E-state index in [1.807, 2.05) is 6.92 Å². The van der Waals surface area contributed by atoms with E-state index in [2.05, 4.69) is 13.8 Å². The standard InChI is InChI=1S/C15H28O4/c1-4-11-6-5-7-12(18-11)19-15-10(3)8-9(2)13(16)14(15)17/h9-17H,4-8H2,1-3H3. The van der Waals surface area contributed by atoms with Crippen LogP contribution in [0.3, 0.4) is 0 Å². The molecule has 0 aromatic carbocycles. The largest absolute Gasteiger partial charge is 0.390 e. The second-order valence-electron chi connectivity index (χ2n) is 6.30. The first-order valence-electron chi connectivity index (χ1n) is 7.70. The normalized spacial score (nSPS) is 48.2. The summed E-state index contributed by atoms with van der Waals surface area (Å²) in [7, 11) is 0. The summed E-state index contributed by atoms with van der Waals surface area (Å²) in [6.45, 7) is 6.18. The van der Waals surface area contributed by atoms with Gasteiger partial charge in [-0.3, -0.25) is 0 Å². The van der Waals surface area contributed by atoms with Crippen LogP contribution in [0.15, 0.2) is 0 Å². The molecule has 0 aromatic heterocycles. The Morgan fingerprint density at radius 1 is 1.11 bits per heavy atom. The smallest absolute Gasteiger partial charge is 0.158 e. The molecule has 0 amide bonds. The van der Waals surface area contributed by atoms with E-state index in [0.29, 0.717) is 0 Å². The van der Waals surface area contributed by atoms with Crippen LogP contribution < -0.4 is 0 Å². The third-order valence-corrected chi connectivity index (χ3v) is 4.65. The van der Waals surface area contributed by atoms with E-state index < -0.39 is 12.2 Å². The average Bonchev–Trinajstić information content (AvgIpc) is 2.41. The van der Waals surface area contributed by atoms with Crippen LogP contribution in [0.2, 0.25) is 0 Å². The van der Waals surface area contributed by atoms with Gasteiger partial charge in [-0.1, -0.05) is 20.8 Å². The maximum Gasteiger partial charge on any atom is 0.158 e. The van der Waals surface area contributed by atoms with Gasteiger partial charge in [-0.25, -0.2) is 0 Å². The van der Waals surface area contributed by atoms with Crippen molar-refractivity contribution in [3.63, 3.8) is 0 Å². The second-order valence-corrected chi connectivity index (χ2v) is 6.30. The van der Waals surface area contributed by atoms with Crippen molar-refractivity contribution in [2.24, 2.45) is 11.8 Å². The number of ether oxygens (including phenoxy) is 2. The van der Waals surface area contributed by atoms with Crippen molar-refractivity contribution in [2.45, 2.75) is 83.6 Å². The van der Waals surface area contributed by atoms with Crippen LogP contribution in [0.25, 0.3) is 0 Å². The Bertz CT molecular complexity index is 283. The molecule has 2 rings (SSSR count). The minimum absolute atomic E-state index is 0.125. The molecule has 19 heavy (non-hydrogen) atoms. The van der Waals surface area contributed by atoms with Crippen LogP contribution in [-0.4, -0.2) is 40.9 Å². The van der Waals surface area contributed by atoms with Gasteiger partial charge in [-0.15, -0.1) is 0 Å². The van der Waals surface area contributed by atoms with Crippen molar-refractivity contribution in [1.29, 1.82) is 0 Å². The van der Waals surface area contributed by atoms with Gasteiger partial charge in [-0.05, 0) is 43.9 Å². The van der Waals surface area contributed by atoms with Crippen LogP contribution in [0, 0.1) is 11.8 Å². The molecule has 2 fully saturated rings. The monoisotopic (exact) mass is 272 g/mol. The first kappa shape index (κ1) is 15.2. The van der Waals surface area contributed by atoms with Crippen LogP contribution in [-0.2, 0) is 9.47 Å². The van der Waals surface area contributed by atoms with Crippen molar-refractivity contribution >= 4 is 0 Å². The minimum Gasteiger partial charge on any atom is -0.390 e. The first-order valence-corrected chi connectivity index (χ1v) is 7.70. The van der Waals surface area contributed by atoms with Gasteiger partial charge in [0.1, 0.15) is 6.10 Å². The van der Waals surface area contributed by atoms with Gasteiger partial charge < -0.3 is 19.7 Å². The lowest BCUT2D eigenvalue weighted by atomic mass is 9.77. The summed E-state index contributed by atoms with van der Waals surface area (Å²) in [6.07, 6.45) is 3.23. The van der Waals surface area contributed by atoms with Gasteiger partial charge in [0, 0.05) is 0 Å². The van der Waals surface area contributed by atoms with Gasteiger partial charge >= 0.3 is 0 Å². The molecular weight excluding hydrogens is 244 g/mol. The van der Waals surface area contributed by atoms with Gasteiger partial charge in [-0.2, -0.15) is 0 Å². The minimum atomic E-state index is -0.802. The van der Waals surface area contributed by atoms with Crippen molar-refractivity contribution in [3.8, 4) is 0 Å². The van der Waals surface area contributed by atoms with E-state index in [1.165, 1.54) is 0 Å². The summed E-state index contributed by atoms with van der Waals surface area (Å²) in [4.78, 5) is 0. The Labute approximate surface area is 116 Å². The summed E-state index contributed by atoms with van der Waals surface area (Å²) in [6, 6.07) is 0. The molecule has 1 aliphatic carbocycles. The maximum absolute atomic E-state index is 10.2. The Morgan fingerprint density at radius 3 is 2.53 bits per heavy atom. The Hall–Kier alpha value is -0.160. The molecule has 2 N–H and O–H groups in total. The van der Waals surface area contributed by atoms with Crippen LogP contribution in [0.5, 0.6) is 0 Å². The third kappa shape index (κ3) is 3.48. The fourth-order valence-corrected chi connectivity index (χ4v) is 3.38. The van der Waals surface area contributed by atoms with Crippen molar-refractivity contribution < 1.29 is 19.7 Å². The van der Waals surface area contributed by atoms with Crippen LogP contribution >= 0.6 is 0 Å². The van der Waals surface area contributed by atoms with Gasteiger partial charge in [0.2, 0.25) is 0 Å². The fourth-order valence-electron chi connectivity index (χ4n) is 3.38. The zero-order valence-corrected chi connectivity index (χ0v) is 12.3. The van der Waals surface area contributed by atoms with E-state index in [9.17, 15) is 10.2 Å². The molecule has 0 radical (unpaired) electrons. The van der Waals surface area contributed by atoms with E-state index >= 15 is 0 Å². The van der Waals surface area contributed by atoms with Crippen LogP contribution in [0.1, 0.15) is 52.9 Å². The lowest BCUT2D eigenvalue weighted by molar-refractivity contribution is -0.257. The number of hydrogen-bond donors (Lipinski definition) is 2. The predicted molar refractivity (Wildman–Crippen MR) is 72.6 cm³/mol.